The predicted molar refractivity (Wildman–Crippen MR) is 125 cm³/mol. The Kier molecular flexibility index (Phi) is 8.17. The third-order valence-electron chi connectivity index (χ3n) is 4.91. The minimum Gasteiger partial charge on any atom is -0.352 e. The molecule has 0 fully saturated rings. The Bertz CT molecular complexity index is 1210. The topological polar surface area (TPSA) is 65.3 Å². The molecule has 1 amide bonds. The number of aliphatic imine (C=N–C) groups is 1. The van der Waals surface area contributed by atoms with E-state index in [1.54, 1.807) is 42.5 Å². The summed E-state index contributed by atoms with van der Waals surface area (Å²) in [6.07, 6.45) is -5.24. The number of hydrogen-bond donors (Lipinski definition) is 2. The molecule has 0 aromatic heterocycles. The molecule has 34 heavy (non-hydrogen) atoms. The van der Waals surface area contributed by atoms with Crippen LogP contribution in [0.3, 0.4) is 0 Å². The summed E-state index contributed by atoms with van der Waals surface area (Å²) in [5.41, 5.74) is -0.123. The molecule has 9 heteroatoms. The van der Waals surface area contributed by atoms with E-state index in [9.17, 15) is 22.4 Å². The minimum absolute atomic E-state index is 0.0121. The van der Waals surface area contributed by atoms with Crippen molar-refractivity contribution in [2.24, 2.45) is 4.99 Å². The maximum absolute atomic E-state index is 13.7. The van der Waals surface area contributed by atoms with Crippen LogP contribution in [-0.4, -0.2) is 30.1 Å². The fourth-order valence-corrected chi connectivity index (χ4v) is 3.27. The summed E-state index contributed by atoms with van der Waals surface area (Å²) < 4.78 is 52.7. The van der Waals surface area contributed by atoms with Crippen molar-refractivity contribution in [1.29, 1.82) is 5.41 Å². The van der Waals surface area contributed by atoms with E-state index in [0.29, 0.717) is 17.5 Å². The molecule has 4 nitrogen and oxygen atoms in total. The average molecular weight is 490 g/mol. The first-order valence-electron chi connectivity index (χ1n) is 10.2. The smallest absolute Gasteiger partial charge is 0.352 e. The number of hydrogen-bond acceptors (Lipinski definition) is 3. The number of nitrogens with one attached hydrogen (secondary N) is 2. The van der Waals surface area contributed by atoms with E-state index < -0.39 is 24.2 Å². The number of amides is 1. The second kappa shape index (κ2) is 11.1. The summed E-state index contributed by atoms with van der Waals surface area (Å²) in [6, 6.07) is 18.5. The predicted octanol–water partition coefficient (Wildman–Crippen LogP) is 6.54. The summed E-state index contributed by atoms with van der Waals surface area (Å²) in [5.74, 6) is -0.758. The zero-order chi connectivity index (χ0) is 24.7. The van der Waals surface area contributed by atoms with Crippen molar-refractivity contribution < 1.29 is 22.4 Å². The molecule has 0 atom stereocenters. The van der Waals surface area contributed by atoms with Gasteiger partial charge < -0.3 is 10.7 Å². The number of benzene rings is 3. The fraction of sp³-hybridized carbons (Fsp3) is 0.160. The highest BCUT2D eigenvalue weighted by atomic mass is 35.5. The zero-order valence-electron chi connectivity index (χ0n) is 17.8. The van der Waals surface area contributed by atoms with E-state index >= 15 is 0 Å². The van der Waals surface area contributed by atoms with Crippen LogP contribution >= 0.6 is 11.6 Å². The van der Waals surface area contributed by atoms with Crippen LogP contribution in [0.1, 0.15) is 27.9 Å². The van der Waals surface area contributed by atoms with Crippen molar-refractivity contribution in [3.05, 3.63) is 100 Å². The van der Waals surface area contributed by atoms with Crippen molar-refractivity contribution in [3.63, 3.8) is 0 Å². The molecule has 0 aliphatic carbocycles. The number of halogens is 5. The summed E-state index contributed by atoms with van der Waals surface area (Å²) in [7, 11) is 0. The molecule has 176 valence electrons. The van der Waals surface area contributed by atoms with Crippen LogP contribution in [0.2, 0.25) is 5.02 Å². The third kappa shape index (κ3) is 6.74. The van der Waals surface area contributed by atoms with Crippen LogP contribution in [0.15, 0.2) is 77.8 Å². The molecule has 3 aromatic carbocycles. The number of carbonyl (C=O) groups is 1. The molecule has 0 bridgehead atoms. The maximum atomic E-state index is 13.7. The second-order valence-electron chi connectivity index (χ2n) is 7.34. The summed E-state index contributed by atoms with van der Waals surface area (Å²) in [6.45, 7) is 0.212. The van der Waals surface area contributed by atoms with Crippen LogP contribution in [-0.2, 0) is 6.42 Å². The Morgan fingerprint density at radius 3 is 2.21 bits per heavy atom. The minimum atomic E-state index is -4.79. The van der Waals surface area contributed by atoms with E-state index in [4.69, 9.17) is 17.0 Å². The second-order valence-corrected chi connectivity index (χ2v) is 7.74. The number of carbonyl (C=O) groups excluding carboxylic acids is 1. The van der Waals surface area contributed by atoms with Gasteiger partial charge in [-0.1, -0.05) is 54.1 Å². The number of alkyl halides is 3. The van der Waals surface area contributed by atoms with Crippen molar-refractivity contribution in [3.8, 4) is 0 Å². The van der Waals surface area contributed by atoms with Crippen LogP contribution < -0.4 is 5.32 Å². The molecular formula is C25H20ClF4N3O. The lowest BCUT2D eigenvalue weighted by Crippen LogP contribution is -2.26. The van der Waals surface area contributed by atoms with Gasteiger partial charge in [0.1, 0.15) is 11.5 Å². The number of nitrogens with zero attached hydrogens (tertiary/aromatic N) is 1. The first-order chi connectivity index (χ1) is 16.1. The van der Waals surface area contributed by atoms with Gasteiger partial charge in [0.2, 0.25) is 0 Å². The lowest BCUT2D eigenvalue weighted by molar-refractivity contribution is -0.0605. The van der Waals surface area contributed by atoms with Crippen LogP contribution in [0.4, 0.5) is 23.2 Å². The Morgan fingerprint density at radius 1 is 0.941 bits per heavy atom. The van der Waals surface area contributed by atoms with Gasteiger partial charge in [-0.25, -0.2) is 4.39 Å². The molecule has 0 unspecified atom stereocenters. The normalized spacial score (nSPS) is 11.9. The molecule has 3 rings (SSSR count). The lowest BCUT2D eigenvalue weighted by Gasteiger charge is -2.12. The molecule has 0 saturated carbocycles. The highest BCUT2D eigenvalue weighted by molar-refractivity contribution is 6.33. The van der Waals surface area contributed by atoms with Crippen LogP contribution in [0, 0.1) is 11.2 Å². The monoisotopic (exact) mass is 489 g/mol. The van der Waals surface area contributed by atoms with E-state index in [0.717, 1.165) is 0 Å². The van der Waals surface area contributed by atoms with Crippen LogP contribution in [0.5, 0.6) is 0 Å². The molecular weight excluding hydrogens is 470 g/mol. The van der Waals surface area contributed by atoms with Crippen molar-refractivity contribution in [2.45, 2.75) is 19.0 Å². The van der Waals surface area contributed by atoms with Crippen molar-refractivity contribution in [2.75, 3.05) is 6.54 Å². The fourth-order valence-electron chi connectivity index (χ4n) is 3.09. The molecule has 0 aliphatic rings. The molecule has 3 aromatic rings. The van der Waals surface area contributed by atoms with Crippen molar-refractivity contribution in [1.82, 2.24) is 5.32 Å². The van der Waals surface area contributed by atoms with Gasteiger partial charge in [-0.05, 0) is 47.9 Å². The molecule has 0 spiro atoms. The van der Waals surface area contributed by atoms with E-state index in [-0.39, 0.29) is 34.3 Å². The van der Waals surface area contributed by atoms with Gasteiger partial charge in [-0.2, -0.15) is 13.2 Å². The van der Waals surface area contributed by atoms with E-state index in [2.05, 4.69) is 10.3 Å². The summed E-state index contributed by atoms with van der Waals surface area (Å²) >= 11 is 6.09. The van der Waals surface area contributed by atoms with Gasteiger partial charge in [-0.3, -0.25) is 9.79 Å². The number of para-hydroxylation sites is 1. The van der Waals surface area contributed by atoms with Gasteiger partial charge in [0.25, 0.3) is 5.91 Å². The Labute approximate surface area is 198 Å². The highest BCUT2D eigenvalue weighted by Crippen LogP contribution is 2.27. The first-order valence-corrected chi connectivity index (χ1v) is 10.6. The Morgan fingerprint density at radius 2 is 1.56 bits per heavy atom. The molecule has 0 heterocycles. The van der Waals surface area contributed by atoms with Crippen LogP contribution in [0.25, 0.3) is 0 Å². The van der Waals surface area contributed by atoms with Gasteiger partial charge in [0.05, 0.1) is 16.4 Å². The van der Waals surface area contributed by atoms with E-state index in [1.807, 2.05) is 0 Å². The Hall–Kier alpha value is -3.52. The van der Waals surface area contributed by atoms with Gasteiger partial charge >= 0.3 is 6.18 Å². The molecule has 0 radical (unpaired) electrons. The average Bonchev–Trinajstić information content (AvgIpc) is 2.80. The number of rotatable bonds is 8. The van der Waals surface area contributed by atoms with Crippen molar-refractivity contribution >= 4 is 34.6 Å². The maximum Gasteiger partial charge on any atom is 0.429 e. The van der Waals surface area contributed by atoms with E-state index in [1.165, 1.54) is 30.3 Å². The molecule has 2 N–H and O–H groups in total. The standard InChI is InChI=1S/C25H20ClF4N3O/c26-19-6-2-4-8-21(19)33-22(15-23(31)25(28,29)30)17-9-11-18(12-10-17)24(34)32-14-13-16-5-1-3-7-20(16)27/h1-12,31H,13-15H2,(H,32,34). The largest absolute Gasteiger partial charge is 0.429 e. The lowest BCUT2D eigenvalue weighted by atomic mass is 10.0. The first kappa shape index (κ1) is 25.1. The van der Waals surface area contributed by atoms with Gasteiger partial charge in [0.15, 0.2) is 0 Å². The SMILES string of the molecule is N=C(CC(=Nc1ccccc1Cl)c1ccc(C(=O)NCCc2ccccc2F)cc1)C(F)(F)F. The Balaban J connectivity index is 1.76. The highest BCUT2D eigenvalue weighted by Gasteiger charge is 2.35. The summed E-state index contributed by atoms with van der Waals surface area (Å²) in [4.78, 5) is 16.7. The summed E-state index contributed by atoms with van der Waals surface area (Å²) in [5, 5.41) is 10.3. The molecule has 0 saturated heterocycles. The third-order valence-corrected chi connectivity index (χ3v) is 5.23. The zero-order valence-corrected chi connectivity index (χ0v) is 18.6. The van der Waals surface area contributed by atoms with Gasteiger partial charge in [-0.15, -0.1) is 0 Å². The molecule has 0 aliphatic heterocycles. The quantitative estimate of drug-likeness (QED) is 0.274. The van der Waals surface area contributed by atoms with Gasteiger partial charge in [0, 0.05) is 18.5 Å².